The second kappa shape index (κ2) is 6.87. The lowest BCUT2D eigenvalue weighted by atomic mass is 10.2. The summed E-state index contributed by atoms with van der Waals surface area (Å²) in [4.78, 5) is 18.9. The van der Waals surface area contributed by atoms with Gasteiger partial charge in [-0.2, -0.15) is 0 Å². The number of hydrogen-bond donors (Lipinski definition) is 0. The summed E-state index contributed by atoms with van der Waals surface area (Å²) < 4.78 is 17.7. The van der Waals surface area contributed by atoms with Crippen molar-refractivity contribution in [2.45, 2.75) is 51.0 Å². The fourth-order valence-corrected chi connectivity index (χ4v) is 4.65. The highest BCUT2D eigenvalue weighted by Gasteiger charge is 2.33. The first-order valence-corrected chi connectivity index (χ1v) is 9.44. The Bertz CT molecular complexity index is 497. The molecule has 118 valence electrons. The molecular formula is C14H22N2O3S2. The molecule has 2 rings (SSSR count). The molecule has 0 saturated carbocycles. The lowest BCUT2D eigenvalue weighted by molar-refractivity contribution is 0.0241. The van der Waals surface area contributed by atoms with Gasteiger partial charge in [0.1, 0.15) is 5.60 Å². The predicted octanol–water partition coefficient (Wildman–Crippen LogP) is 2.79. The summed E-state index contributed by atoms with van der Waals surface area (Å²) >= 11 is 1.51. The van der Waals surface area contributed by atoms with E-state index >= 15 is 0 Å². The van der Waals surface area contributed by atoms with Crippen molar-refractivity contribution in [2.24, 2.45) is 0 Å². The van der Waals surface area contributed by atoms with Crippen LogP contribution < -0.4 is 0 Å². The van der Waals surface area contributed by atoms with E-state index in [0.29, 0.717) is 18.1 Å². The summed E-state index contributed by atoms with van der Waals surface area (Å²) in [7, 11) is -0.979. The van der Waals surface area contributed by atoms with Crippen molar-refractivity contribution in [3.05, 3.63) is 16.6 Å². The molecule has 1 fully saturated rings. The maximum absolute atomic E-state index is 12.2. The van der Waals surface area contributed by atoms with Gasteiger partial charge < -0.3 is 9.64 Å². The molecule has 0 aliphatic carbocycles. The zero-order valence-electron chi connectivity index (χ0n) is 12.7. The lowest BCUT2D eigenvalue weighted by Crippen LogP contribution is -2.42. The van der Waals surface area contributed by atoms with E-state index in [2.05, 4.69) is 4.98 Å². The maximum Gasteiger partial charge on any atom is 0.410 e. The molecule has 0 radical (unpaired) electrons. The molecule has 1 aliphatic rings. The van der Waals surface area contributed by atoms with Gasteiger partial charge in [-0.25, -0.2) is 4.79 Å². The number of carbonyl (C=O) groups is 1. The smallest absolute Gasteiger partial charge is 0.410 e. The van der Waals surface area contributed by atoms with Crippen molar-refractivity contribution in [3.63, 3.8) is 0 Å². The van der Waals surface area contributed by atoms with Gasteiger partial charge in [-0.1, -0.05) is 0 Å². The number of nitrogens with zero attached hydrogens (tertiary/aromatic N) is 2. The summed E-state index contributed by atoms with van der Waals surface area (Å²) in [6, 6.07) is 0.0219. The average molecular weight is 330 g/mol. The van der Waals surface area contributed by atoms with Crippen LogP contribution in [0.4, 0.5) is 4.79 Å². The fraction of sp³-hybridized carbons (Fsp3) is 0.714. The Hall–Kier alpha value is -0.950. The highest BCUT2D eigenvalue weighted by molar-refractivity contribution is 7.84. The second-order valence-corrected chi connectivity index (χ2v) is 8.66. The Morgan fingerprint density at radius 1 is 1.57 bits per heavy atom. The van der Waals surface area contributed by atoms with Crippen LogP contribution in [0.5, 0.6) is 0 Å². The Labute approximate surface area is 132 Å². The molecule has 0 aromatic carbocycles. The molecule has 1 aliphatic heterocycles. The molecule has 5 nitrogen and oxygen atoms in total. The zero-order valence-corrected chi connectivity index (χ0v) is 14.3. The summed E-state index contributed by atoms with van der Waals surface area (Å²) in [6.07, 6.45) is 3.30. The van der Waals surface area contributed by atoms with Crippen molar-refractivity contribution >= 4 is 28.2 Å². The molecule has 0 unspecified atom stereocenters. The molecular weight excluding hydrogens is 308 g/mol. The Kier molecular flexibility index (Phi) is 5.37. The fourth-order valence-electron chi connectivity index (χ4n) is 2.32. The van der Waals surface area contributed by atoms with Crippen LogP contribution in [0.15, 0.2) is 11.7 Å². The number of rotatable bonds is 4. The number of thiazole rings is 1. The lowest BCUT2D eigenvalue weighted by Gasteiger charge is -2.28. The van der Waals surface area contributed by atoms with E-state index in [-0.39, 0.29) is 12.1 Å². The van der Waals surface area contributed by atoms with Gasteiger partial charge in [-0.3, -0.25) is 9.19 Å². The number of carbonyl (C=O) groups excluding carboxylic acids is 1. The molecule has 7 heteroatoms. The van der Waals surface area contributed by atoms with Crippen molar-refractivity contribution in [3.8, 4) is 0 Å². The average Bonchev–Trinajstić information content (AvgIpc) is 2.97. The normalized spacial score (nSPS) is 20.5. The summed E-state index contributed by atoms with van der Waals surface area (Å²) in [5.74, 6) is 1.03. The van der Waals surface area contributed by atoms with Crippen LogP contribution in [-0.2, 0) is 21.3 Å². The van der Waals surface area contributed by atoms with Gasteiger partial charge in [0.05, 0.1) is 11.3 Å². The summed E-state index contributed by atoms with van der Waals surface area (Å²) in [6.45, 7) is 6.27. The van der Waals surface area contributed by atoms with Crippen LogP contribution >= 0.6 is 11.3 Å². The monoisotopic (exact) mass is 330 g/mol. The minimum absolute atomic E-state index is 0.0219. The van der Waals surface area contributed by atoms with Crippen molar-refractivity contribution < 1.29 is 13.7 Å². The molecule has 2 atom stereocenters. The molecule has 0 spiro atoms. The first-order valence-electron chi connectivity index (χ1n) is 7.07. The molecule has 1 saturated heterocycles. The van der Waals surface area contributed by atoms with E-state index < -0.39 is 16.4 Å². The predicted molar refractivity (Wildman–Crippen MR) is 84.8 cm³/mol. The minimum Gasteiger partial charge on any atom is -0.444 e. The number of likely N-dealkylation sites (tertiary alicyclic amines) is 1. The minimum atomic E-state index is -0.979. The van der Waals surface area contributed by atoms with Gasteiger partial charge in [0.25, 0.3) is 0 Å². The quantitative estimate of drug-likeness (QED) is 0.852. The first kappa shape index (κ1) is 16.4. The summed E-state index contributed by atoms with van der Waals surface area (Å²) in [5.41, 5.74) is 1.25. The van der Waals surface area contributed by atoms with Gasteiger partial charge in [0.15, 0.2) is 0 Å². The van der Waals surface area contributed by atoms with E-state index in [1.165, 1.54) is 11.3 Å². The van der Waals surface area contributed by atoms with E-state index in [4.69, 9.17) is 4.74 Å². The van der Waals surface area contributed by atoms with Crippen LogP contribution in [0, 0.1) is 0 Å². The Morgan fingerprint density at radius 2 is 2.33 bits per heavy atom. The topological polar surface area (TPSA) is 59.5 Å². The van der Waals surface area contributed by atoms with Gasteiger partial charge in [-0.15, -0.1) is 11.3 Å². The number of amides is 1. The molecule has 1 amide bonds. The third kappa shape index (κ3) is 5.07. The van der Waals surface area contributed by atoms with Gasteiger partial charge in [-0.05, 0) is 33.6 Å². The first-order chi connectivity index (χ1) is 9.85. The molecule has 1 aromatic heterocycles. The van der Waals surface area contributed by atoms with E-state index in [9.17, 15) is 9.00 Å². The van der Waals surface area contributed by atoms with Crippen molar-refractivity contribution in [1.82, 2.24) is 9.88 Å². The standard InChI is InChI=1S/C14H22N2O3S2/c1-14(2,3)19-13(17)16-6-4-5-11(16)8-21(18)9-12-7-15-10-20-12/h7,10-11H,4-6,8-9H2,1-3H3/t11-,21-/m0/s1. The molecule has 1 aromatic rings. The maximum atomic E-state index is 12.2. The van der Waals surface area contributed by atoms with Gasteiger partial charge in [0.2, 0.25) is 0 Å². The molecule has 2 heterocycles. The summed E-state index contributed by atoms with van der Waals surface area (Å²) in [5, 5.41) is 0. The largest absolute Gasteiger partial charge is 0.444 e. The zero-order chi connectivity index (χ0) is 15.5. The van der Waals surface area contributed by atoms with E-state index in [1.807, 2.05) is 20.8 Å². The number of ether oxygens (including phenoxy) is 1. The highest BCUT2D eigenvalue weighted by atomic mass is 32.2. The molecule has 0 N–H and O–H groups in total. The number of hydrogen-bond acceptors (Lipinski definition) is 5. The van der Waals surface area contributed by atoms with E-state index in [1.54, 1.807) is 16.6 Å². The van der Waals surface area contributed by atoms with E-state index in [0.717, 1.165) is 17.7 Å². The van der Waals surface area contributed by atoms with Crippen LogP contribution in [0.1, 0.15) is 38.5 Å². The Morgan fingerprint density at radius 3 is 2.95 bits per heavy atom. The van der Waals surface area contributed by atoms with Crippen molar-refractivity contribution in [1.29, 1.82) is 0 Å². The van der Waals surface area contributed by atoms with Crippen molar-refractivity contribution in [2.75, 3.05) is 12.3 Å². The third-order valence-corrected chi connectivity index (χ3v) is 5.52. The molecule has 21 heavy (non-hydrogen) atoms. The third-order valence-electron chi connectivity index (χ3n) is 3.17. The molecule has 0 bridgehead atoms. The van der Waals surface area contributed by atoms with Gasteiger partial charge in [0, 0.05) is 40.2 Å². The SMILES string of the molecule is CC(C)(C)OC(=O)N1CCC[C@H]1C[S@](=O)Cc1cncs1. The Balaban J connectivity index is 1.89. The second-order valence-electron chi connectivity index (χ2n) is 6.19. The van der Waals surface area contributed by atoms with Crippen LogP contribution in [-0.4, -0.2) is 44.1 Å². The van der Waals surface area contributed by atoms with Gasteiger partial charge >= 0.3 is 6.09 Å². The highest BCUT2D eigenvalue weighted by Crippen LogP contribution is 2.22. The van der Waals surface area contributed by atoms with Crippen LogP contribution in [0.25, 0.3) is 0 Å². The number of aromatic nitrogens is 1. The van der Waals surface area contributed by atoms with Crippen LogP contribution in [0.2, 0.25) is 0 Å². The van der Waals surface area contributed by atoms with Crippen LogP contribution in [0.3, 0.4) is 0 Å².